The molecule has 2 aliphatic rings. The first-order valence-electron chi connectivity index (χ1n) is 13.1. The van der Waals surface area contributed by atoms with Gasteiger partial charge in [0, 0.05) is 31.9 Å². The van der Waals surface area contributed by atoms with Crippen LogP contribution in [0.4, 0.5) is 13.2 Å². The quantitative estimate of drug-likeness (QED) is 0.324. The molecule has 1 aromatic carbocycles. The van der Waals surface area contributed by atoms with Crippen LogP contribution in [0.15, 0.2) is 53.8 Å². The van der Waals surface area contributed by atoms with Crippen molar-refractivity contribution in [3.05, 3.63) is 82.1 Å². The third-order valence-electron chi connectivity index (χ3n) is 8.16. The van der Waals surface area contributed by atoms with Crippen molar-refractivity contribution >= 4 is 14.5 Å². The molecule has 4 heterocycles. The second-order valence-electron chi connectivity index (χ2n) is 10.6. The minimum absolute atomic E-state index is 0.00628. The van der Waals surface area contributed by atoms with E-state index in [1.165, 1.54) is 16.8 Å². The van der Waals surface area contributed by atoms with E-state index >= 15 is 0 Å². The molecule has 3 aromatic heterocycles. The highest BCUT2D eigenvalue weighted by molar-refractivity contribution is 6.54. The molecule has 0 amide bonds. The van der Waals surface area contributed by atoms with Gasteiger partial charge < -0.3 is 9.13 Å². The number of pyridine rings is 1. The zero-order valence-corrected chi connectivity index (χ0v) is 22.4. The topological polar surface area (TPSA) is 60.4 Å². The normalized spacial score (nSPS) is 18.3. The molecule has 1 aliphatic heterocycles. The van der Waals surface area contributed by atoms with Crippen LogP contribution < -0.4 is 5.69 Å². The lowest BCUT2D eigenvalue weighted by Crippen LogP contribution is -2.30. The second-order valence-corrected chi connectivity index (χ2v) is 13.2. The lowest BCUT2D eigenvalue weighted by Gasteiger charge is -2.33. The molecule has 0 spiro atoms. The number of hydrogen-bond donors (Lipinski definition) is 0. The summed E-state index contributed by atoms with van der Waals surface area (Å²) in [7, 11) is 1.18. The van der Waals surface area contributed by atoms with Gasteiger partial charge in [0.05, 0.1) is 16.8 Å². The lowest BCUT2D eigenvalue weighted by molar-refractivity contribution is -0.136. The van der Waals surface area contributed by atoms with E-state index in [2.05, 4.69) is 21.3 Å². The molecule has 6 rings (SSSR count). The van der Waals surface area contributed by atoms with Crippen molar-refractivity contribution < 1.29 is 13.2 Å². The van der Waals surface area contributed by atoms with Gasteiger partial charge in [-0.1, -0.05) is 25.1 Å². The van der Waals surface area contributed by atoms with E-state index in [0.717, 1.165) is 54.1 Å². The van der Waals surface area contributed by atoms with Crippen LogP contribution in [0.3, 0.4) is 0 Å². The minimum atomic E-state index is -4.58. The SMILES string of the molecule is Cn1cnnc1C(c1cccc(-n2cc3c(C(F)(F)F)cc(CN4CCC[Si]4C)cn3c2=O)c1)C1CCC1. The van der Waals surface area contributed by atoms with Crippen LogP contribution in [-0.2, 0) is 19.8 Å². The molecule has 1 atom stereocenters. The van der Waals surface area contributed by atoms with Crippen molar-refractivity contribution in [2.45, 2.75) is 56.9 Å². The highest BCUT2D eigenvalue weighted by atomic mass is 28.3. The number of aromatic nitrogens is 5. The molecule has 0 bridgehead atoms. The van der Waals surface area contributed by atoms with Crippen molar-refractivity contribution in [1.82, 2.24) is 28.3 Å². The van der Waals surface area contributed by atoms with E-state index < -0.39 is 26.4 Å². The van der Waals surface area contributed by atoms with Gasteiger partial charge in [0.1, 0.15) is 21.1 Å². The summed E-state index contributed by atoms with van der Waals surface area (Å²) < 4.78 is 49.2. The number of fused-ring (bicyclic) bond motifs is 1. The predicted molar refractivity (Wildman–Crippen MR) is 140 cm³/mol. The lowest BCUT2D eigenvalue weighted by atomic mass is 9.72. The predicted octanol–water partition coefficient (Wildman–Crippen LogP) is 5.00. The van der Waals surface area contributed by atoms with Crippen LogP contribution in [0.1, 0.15) is 54.1 Å². The van der Waals surface area contributed by atoms with E-state index in [-0.39, 0.29) is 11.4 Å². The maximum atomic E-state index is 14.2. The van der Waals surface area contributed by atoms with E-state index in [9.17, 15) is 18.0 Å². The number of hydrogen-bond acceptors (Lipinski definition) is 4. The van der Waals surface area contributed by atoms with Crippen molar-refractivity contribution in [3.8, 4) is 5.69 Å². The van der Waals surface area contributed by atoms with E-state index in [1.54, 1.807) is 18.6 Å². The zero-order valence-electron chi connectivity index (χ0n) is 21.4. The summed E-state index contributed by atoms with van der Waals surface area (Å²) in [5.41, 5.74) is 0.607. The Labute approximate surface area is 220 Å². The van der Waals surface area contributed by atoms with Gasteiger partial charge in [-0.05, 0) is 67.1 Å². The van der Waals surface area contributed by atoms with Gasteiger partial charge in [-0.3, -0.25) is 8.97 Å². The molecule has 38 heavy (non-hydrogen) atoms. The first kappa shape index (κ1) is 25.1. The molecule has 1 radical (unpaired) electrons. The van der Waals surface area contributed by atoms with Gasteiger partial charge >= 0.3 is 11.9 Å². The first-order chi connectivity index (χ1) is 18.2. The summed E-state index contributed by atoms with van der Waals surface area (Å²) in [4.78, 5) is 13.6. The standard InChI is InChI=1S/C27H30F3N6OSi/c1-33-17-31-32-25(33)24(19-6-3-7-19)20-8-4-9-21(13-20)35-16-23-22(27(28,29)30)12-18(15-36(23)26(35)37)14-34-10-5-11-38(34)2/h4,8-9,12-13,15-17,19,24H,3,5-7,10-11,14H2,1-2H3. The Morgan fingerprint density at radius 2 is 1.97 bits per heavy atom. The Balaban J connectivity index is 1.44. The number of benzene rings is 1. The second kappa shape index (κ2) is 9.53. The molecule has 7 nitrogen and oxygen atoms in total. The van der Waals surface area contributed by atoms with Crippen LogP contribution in [0, 0.1) is 5.92 Å². The summed E-state index contributed by atoms with van der Waals surface area (Å²) >= 11 is 0. The number of halogens is 3. The van der Waals surface area contributed by atoms with Crippen molar-refractivity contribution in [1.29, 1.82) is 0 Å². The number of rotatable bonds is 6. The van der Waals surface area contributed by atoms with Gasteiger partial charge in [0.25, 0.3) is 0 Å². The molecule has 1 aliphatic carbocycles. The fourth-order valence-electron chi connectivity index (χ4n) is 5.90. The van der Waals surface area contributed by atoms with Crippen LogP contribution in [0.2, 0.25) is 12.6 Å². The number of aryl methyl sites for hydroxylation is 1. The Bertz CT molecular complexity index is 1540. The van der Waals surface area contributed by atoms with Gasteiger partial charge in [-0.25, -0.2) is 4.79 Å². The summed E-state index contributed by atoms with van der Waals surface area (Å²) in [6.07, 6.45) is 4.38. The molecule has 1 unspecified atom stereocenters. The number of imidazole rings is 1. The van der Waals surface area contributed by atoms with Crippen molar-refractivity contribution in [3.63, 3.8) is 0 Å². The van der Waals surface area contributed by atoms with Crippen LogP contribution in [-0.4, -0.2) is 43.8 Å². The molecule has 2 fully saturated rings. The molecule has 1 saturated heterocycles. The van der Waals surface area contributed by atoms with Crippen molar-refractivity contribution in [2.24, 2.45) is 13.0 Å². The summed E-state index contributed by atoms with van der Waals surface area (Å²) in [6, 6.07) is 9.87. The van der Waals surface area contributed by atoms with Crippen LogP contribution >= 0.6 is 0 Å². The largest absolute Gasteiger partial charge is 0.418 e. The van der Waals surface area contributed by atoms with E-state index in [1.807, 2.05) is 29.8 Å². The average Bonchev–Trinajstić information content (AvgIpc) is 3.55. The van der Waals surface area contributed by atoms with Crippen molar-refractivity contribution in [2.75, 3.05) is 6.54 Å². The van der Waals surface area contributed by atoms with E-state index in [0.29, 0.717) is 23.7 Å². The molecule has 11 heteroatoms. The summed E-state index contributed by atoms with van der Waals surface area (Å²) in [5.74, 6) is 1.27. The Kier molecular flexibility index (Phi) is 6.30. The van der Waals surface area contributed by atoms with E-state index in [4.69, 9.17) is 0 Å². The van der Waals surface area contributed by atoms with Gasteiger partial charge in [-0.2, -0.15) is 13.2 Å². The van der Waals surface area contributed by atoms with Gasteiger partial charge in [0.2, 0.25) is 0 Å². The molecule has 199 valence electrons. The highest BCUT2D eigenvalue weighted by Crippen LogP contribution is 2.43. The number of nitrogens with zero attached hydrogens (tertiary/aromatic N) is 6. The average molecular weight is 540 g/mol. The Morgan fingerprint density at radius 1 is 1.16 bits per heavy atom. The monoisotopic (exact) mass is 539 g/mol. The fourth-order valence-corrected chi connectivity index (χ4v) is 7.88. The third-order valence-corrected chi connectivity index (χ3v) is 10.7. The first-order valence-corrected chi connectivity index (χ1v) is 15.2. The molecular formula is C27H30F3N6OSi. The smallest absolute Gasteiger partial charge is 0.320 e. The minimum Gasteiger partial charge on any atom is -0.320 e. The summed E-state index contributed by atoms with van der Waals surface area (Å²) in [6.45, 7) is 3.51. The van der Waals surface area contributed by atoms with Crippen LogP contribution in [0.25, 0.3) is 11.2 Å². The molecular weight excluding hydrogens is 509 g/mol. The molecule has 1 saturated carbocycles. The highest BCUT2D eigenvalue weighted by Gasteiger charge is 2.36. The number of alkyl halides is 3. The molecule has 0 N–H and O–H groups in total. The Hall–Kier alpha value is -3.18. The Morgan fingerprint density at radius 3 is 2.61 bits per heavy atom. The third kappa shape index (κ3) is 4.41. The zero-order chi connectivity index (χ0) is 26.6. The maximum Gasteiger partial charge on any atom is 0.418 e. The summed E-state index contributed by atoms with van der Waals surface area (Å²) in [5, 5.41) is 8.42. The molecule has 4 aromatic rings. The van der Waals surface area contributed by atoms with Crippen LogP contribution in [0.5, 0.6) is 0 Å². The van der Waals surface area contributed by atoms with Gasteiger partial charge in [0.15, 0.2) is 0 Å². The fraction of sp³-hybridized carbons (Fsp3) is 0.444. The van der Waals surface area contributed by atoms with Gasteiger partial charge in [-0.15, -0.1) is 10.2 Å². The maximum absolute atomic E-state index is 14.2.